The van der Waals surface area contributed by atoms with Crippen LogP contribution in [0.15, 0.2) is 15.8 Å². The second-order valence-electron chi connectivity index (χ2n) is 6.49. The van der Waals surface area contributed by atoms with Crippen molar-refractivity contribution >= 4 is 0 Å². The Labute approximate surface area is 120 Å². The van der Waals surface area contributed by atoms with E-state index in [1.807, 2.05) is 27.7 Å². The van der Waals surface area contributed by atoms with Crippen LogP contribution in [-0.2, 0) is 0 Å². The molecule has 0 bridgehead atoms. The van der Waals surface area contributed by atoms with Crippen LogP contribution in [0.25, 0.3) is 0 Å². The number of hydrogen-bond donors (Lipinski definition) is 0. The van der Waals surface area contributed by atoms with Crippen LogP contribution in [0, 0.1) is 0 Å². The standard InChI is InChI=1S/C16H26N2O2/c1-11(2)14-10-17(12(3)4)16(20)18(15(14)19)13-8-6-5-7-9-13/h10-13H,5-9H2,1-4H3. The first-order valence-corrected chi connectivity index (χ1v) is 7.81. The molecule has 1 aliphatic carbocycles. The van der Waals surface area contributed by atoms with Gasteiger partial charge in [0.25, 0.3) is 5.56 Å². The van der Waals surface area contributed by atoms with Crippen LogP contribution in [0.1, 0.15) is 83.4 Å². The van der Waals surface area contributed by atoms with Crippen molar-refractivity contribution in [2.24, 2.45) is 0 Å². The van der Waals surface area contributed by atoms with Gasteiger partial charge in [0.2, 0.25) is 0 Å². The highest BCUT2D eigenvalue weighted by atomic mass is 16.2. The molecule has 0 saturated heterocycles. The molecule has 1 saturated carbocycles. The molecule has 0 spiro atoms. The molecule has 0 aromatic carbocycles. The van der Waals surface area contributed by atoms with Crippen molar-refractivity contribution in [1.82, 2.24) is 9.13 Å². The molecule has 1 aromatic rings. The molecule has 20 heavy (non-hydrogen) atoms. The lowest BCUT2D eigenvalue weighted by Gasteiger charge is -2.26. The van der Waals surface area contributed by atoms with Crippen LogP contribution < -0.4 is 11.2 Å². The summed E-state index contributed by atoms with van der Waals surface area (Å²) in [6.07, 6.45) is 7.12. The minimum atomic E-state index is -0.138. The Balaban J connectivity index is 2.64. The van der Waals surface area contributed by atoms with E-state index >= 15 is 0 Å². The summed E-state index contributed by atoms with van der Waals surface area (Å²) in [6, 6.07) is 0.169. The van der Waals surface area contributed by atoms with E-state index in [1.165, 1.54) is 11.0 Å². The Hall–Kier alpha value is -1.32. The van der Waals surface area contributed by atoms with Crippen LogP contribution in [0.2, 0.25) is 0 Å². The Morgan fingerprint density at radius 3 is 2.15 bits per heavy atom. The van der Waals surface area contributed by atoms with Gasteiger partial charge in [-0.1, -0.05) is 33.1 Å². The predicted octanol–water partition coefficient (Wildman–Crippen LogP) is 3.22. The highest BCUT2D eigenvalue weighted by molar-refractivity contribution is 5.11. The van der Waals surface area contributed by atoms with E-state index in [2.05, 4.69) is 0 Å². The van der Waals surface area contributed by atoms with Gasteiger partial charge in [-0.15, -0.1) is 0 Å². The van der Waals surface area contributed by atoms with Gasteiger partial charge < -0.3 is 0 Å². The summed E-state index contributed by atoms with van der Waals surface area (Å²) < 4.78 is 3.25. The van der Waals surface area contributed by atoms with Crippen LogP contribution >= 0.6 is 0 Å². The molecule has 1 aromatic heterocycles. The van der Waals surface area contributed by atoms with Gasteiger partial charge in [0.1, 0.15) is 0 Å². The normalized spacial score (nSPS) is 17.1. The van der Waals surface area contributed by atoms with Gasteiger partial charge in [-0.3, -0.25) is 13.9 Å². The quantitative estimate of drug-likeness (QED) is 0.852. The Kier molecular flexibility index (Phi) is 4.51. The number of nitrogens with zero attached hydrogens (tertiary/aromatic N) is 2. The van der Waals surface area contributed by atoms with Gasteiger partial charge in [-0.05, 0) is 32.6 Å². The Bertz CT molecular complexity index is 535. The van der Waals surface area contributed by atoms with E-state index in [9.17, 15) is 9.59 Å². The van der Waals surface area contributed by atoms with Crippen LogP contribution in [0.3, 0.4) is 0 Å². The Morgan fingerprint density at radius 1 is 1.05 bits per heavy atom. The molecular weight excluding hydrogens is 252 g/mol. The van der Waals surface area contributed by atoms with Crippen molar-refractivity contribution in [3.05, 3.63) is 32.6 Å². The highest BCUT2D eigenvalue weighted by Gasteiger charge is 2.23. The lowest BCUT2D eigenvalue weighted by atomic mass is 9.95. The van der Waals surface area contributed by atoms with Crippen molar-refractivity contribution in [2.75, 3.05) is 0 Å². The van der Waals surface area contributed by atoms with Gasteiger partial charge in [-0.25, -0.2) is 4.79 Å². The smallest absolute Gasteiger partial charge is 0.298 e. The zero-order valence-electron chi connectivity index (χ0n) is 13.1. The molecule has 0 unspecified atom stereocenters. The fourth-order valence-electron chi connectivity index (χ4n) is 3.04. The summed E-state index contributed by atoms with van der Waals surface area (Å²) >= 11 is 0. The molecule has 112 valence electrons. The zero-order valence-corrected chi connectivity index (χ0v) is 13.1. The van der Waals surface area contributed by atoms with Crippen molar-refractivity contribution in [1.29, 1.82) is 0 Å². The topological polar surface area (TPSA) is 44.0 Å². The van der Waals surface area contributed by atoms with Crippen LogP contribution in [0.4, 0.5) is 0 Å². The third-order valence-corrected chi connectivity index (χ3v) is 4.29. The Morgan fingerprint density at radius 2 is 1.65 bits per heavy atom. The van der Waals surface area contributed by atoms with Crippen LogP contribution in [0.5, 0.6) is 0 Å². The molecule has 0 aliphatic heterocycles. The maximum Gasteiger partial charge on any atom is 0.331 e. The van der Waals surface area contributed by atoms with E-state index in [0.29, 0.717) is 0 Å². The molecule has 0 atom stereocenters. The SMILES string of the molecule is CC(C)c1cn(C(C)C)c(=O)n(C2CCCCC2)c1=O. The van der Waals surface area contributed by atoms with Gasteiger partial charge in [0, 0.05) is 23.8 Å². The van der Waals surface area contributed by atoms with E-state index in [-0.39, 0.29) is 29.3 Å². The van der Waals surface area contributed by atoms with Gasteiger partial charge in [0.05, 0.1) is 0 Å². The van der Waals surface area contributed by atoms with Gasteiger partial charge >= 0.3 is 5.69 Å². The summed E-state index contributed by atoms with van der Waals surface area (Å²) in [6.45, 7) is 8.00. The van der Waals surface area contributed by atoms with E-state index < -0.39 is 0 Å². The zero-order chi connectivity index (χ0) is 14.9. The molecule has 4 nitrogen and oxygen atoms in total. The molecule has 0 radical (unpaired) electrons. The van der Waals surface area contributed by atoms with Crippen LogP contribution in [-0.4, -0.2) is 9.13 Å². The summed E-state index contributed by atoms with van der Waals surface area (Å²) in [4.78, 5) is 25.3. The molecule has 1 fully saturated rings. The second kappa shape index (κ2) is 5.98. The fourth-order valence-corrected chi connectivity index (χ4v) is 3.04. The number of rotatable bonds is 3. The van der Waals surface area contributed by atoms with E-state index in [1.54, 1.807) is 10.8 Å². The molecule has 1 heterocycles. The predicted molar refractivity (Wildman–Crippen MR) is 81.6 cm³/mol. The van der Waals surface area contributed by atoms with Crippen molar-refractivity contribution in [3.8, 4) is 0 Å². The maximum absolute atomic E-state index is 12.7. The average molecular weight is 278 g/mol. The third kappa shape index (κ3) is 2.74. The average Bonchev–Trinajstić information content (AvgIpc) is 2.39. The maximum atomic E-state index is 12.7. The fraction of sp³-hybridized carbons (Fsp3) is 0.750. The lowest BCUT2D eigenvalue weighted by Crippen LogP contribution is -2.44. The monoisotopic (exact) mass is 278 g/mol. The summed E-state index contributed by atoms with van der Waals surface area (Å²) in [5.74, 6) is 0.142. The summed E-state index contributed by atoms with van der Waals surface area (Å²) in [7, 11) is 0. The lowest BCUT2D eigenvalue weighted by molar-refractivity contribution is 0.323. The molecule has 2 rings (SSSR count). The van der Waals surface area contributed by atoms with Gasteiger partial charge in [0.15, 0.2) is 0 Å². The second-order valence-corrected chi connectivity index (χ2v) is 6.49. The number of aromatic nitrogens is 2. The minimum Gasteiger partial charge on any atom is -0.298 e. The van der Waals surface area contributed by atoms with Crippen molar-refractivity contribution in [2.45, 2.75) is 77.8 Å². The molecular formula is C16H26N2O2. The first kappa shape index (κ1) is 15.1. The van der Waals surface area contributed by atoms with E-state index in [4.69, 9.17) is 0 Å². The largest absolute Gasteiger partial charge is 0.331 e. The molecule has 0 amide bonds. The molecule has 0 N–H and O–H groups in total. The molecule has 4 heteroatoms. The molecule has 1 aliphatic rings. The van der Waals surface area contributed by atoms with E-state index in [0.717, 1.165) is 31.2 Å². The minimum absolute atomic E-state index is 0.0752. The van der Waals surface area contributed by atoms with Crippen molar-refractivity contribution < 1.29 is 0 Å². The third-order valence-electron chi connectivity index (χ3n) is 4.29. The van der Waals surface area contributed by atoms with Crippen molar-refractivity contribution in [3.63, 3.8) is 0 Å². The van der Waals surface area contributed by atoms with Gasteiger partial charge in [-0.2, -0.15) is 0 Å². The summed E-state index contributed by atoms with van der Waals surface area (Å²) in [5, 5.41) is 0. The highest BCUT2D eigenvalue weighted by Crippen LogP contribution is 2.26. The number of hydrogen-bond acceptors (Lipinski definition) is 2. The first-order chi connectivity index (χ1) is 9.43. The first-order valence-electron chi connectivity index (χ1n) is 7.81. The summed E-state index contributed by atoms with van der Waals surface area (Å²) in [5.41, 5.74) is 0.541.